The Balaban J connectivity index is 1.29. The highest BCUT2D eigenvalue weighted by Crippen LogP contribution is 2.36. The van der Waals surface area contributed by atoms with Gasteiger partial charge in [-0.05, 0) is 69.7 Å². The Bertz CT molecular complexity index is 1190. The van der Waals surface area contributed by atoms with Crippen LogP contribution < -0.4 is 5.32 Å². The summed E-state index contributed by atoms with van der Waals surface area (Å²) >= 11 is 6.12. The molecule has 8 nitrogen and oxygen atoms in total. The van der Waals surface area contributed by atoms with E-state index in [0.717, 1.165) is 42.8 Å². The van der Waals surface area contributed by atoms with Crippen LogP contribution in [0.15, 0.2) is 36.4 Å². The summed E-state index contributed by atoms with van der Waals surface area (Å²) in [5.41, 5.74) is 4.63. The zero-order valence-electron chi connectivity index (χ0n) is 22.2. The molecule has 0 bridgehead atoms. The Hall–Kier alpha value is -2.68. The largest absolute Gasteiger partial charge is 0.365 e. The van der Waals surface area contributed by atoms with Crippen LogP contribution in [0.3, 0.4) is 0 Å². The molecule has 1 N–H and O–H groups in total. The van der Waals surface area contributed by atoms with Crippen molar-refractivity contribution < 1.29 is 9.53 Å². The molecule has 1 aliphatic heterocycles. The molecule has 1 saturated heterocycles. The van der Waals surface area contributed by atoms with E-state index in [1.165, 1.54) is 17.0 Å². The fourth-order valence-electron chi connectivity index (χ4n) is 5.71. The second kappa shape index (κ2) is 11.0. The Morgan fingerprint density at radius 2 is 1.70 bits per heavy atom. The highest BCUT2D eigenvalue weighted by atomic mass is 35.5. The van der Waals surface area contributed by atoms with Crippen molar-refractivity contribution in [2.45, 2.75) is 70.1 Å². The van der Waals surface area contributed by atoms with Crippen molar-refractivity contribution in [3.63, 3.8) is 0 Å². The molecule has 9 heteroatoms. The lowest BCUT2D eigenvalue weighted by molar-refractivity contribution is -0.140. The van der Waals surface area contributed by atoms with Crippen molar-refractivity contribution in [1.29, 1.82) is 0 Å². The number of nitrogens with zero attached hydrogens (tertiary/aromatic N) is 5. The summed E-state index contributed by atoms with van der Waals surface area (Å²) in [5.74, 6) is 0.929. The van der Waals surface area contributed by atoms with E-state index >= 15 is 0 Å². The van der Waals surface area contributed by atoms with E-state index in [0.29, 0.717) is 30.9 Å². The molecule has 2 aliphatic rings. The minimum Gasteiger partial charge on any atom is -0.365 e. The van der Waals surface area contributed by atoms with Crippen LogP contribution in [0.25, 0.3) is 0 Å². The topological polar surface area (TPSA) is 77.2 Å². The van der Waals surface area contributed by atoms with Gasteiger partial charge in [-0.2, -0.15) is 10.2 Å². The van der Waals surface area contributed by atoms with Gasteiger partial charge in [0.25, 0.3) is 5.91 Å². The normalized spacial score (nSPS) is 24.8. The minimum atomic E-state index is -0.528. The van der Waals surface area contributed by atoms with E-state index in [1.807, 2.05) is 43.9 Å². The molecule has 37 heavy (non-hydrogen) atoms. The number of ether oxygens (including phenoxy) is 1. The number of halogens is 1. The number of rotatable bonds is 6. The molecule has 5 rings (SSSR count). The molecule has 0 radical (unpaired) electrons. The first-order chi connectivity index (χ1) is 17.8. The molecule has 2 fully saturated rings. The number of benzene rings is 1. The summed E-state index contributed by atoms with van der Waals surface area (Å²) in [5, 5.41) is 12.8. The van der Waals surface area contributed by atoms with E-state index in [2.05, 4.69) is 40.4 Å². The quantitative estimate of drug-likeness (QED) is 0.517. The highest BCUT2D eigenvalue weighted by molar-refractivity contribution is 6.30. The Labute approximate surface area is 223 Å². The first-order valence-electron chi connectivity index (χ1n) is 13.2. The SMILES string of the molecule is Cc1cc(NC(=O)[C@H]2CN(C3CCC(c4cc(C)n(C)n4)CC3)[C@@H](Cc3ccc(Cl)cc3)CO2)nn1C. The lowest BCUT2D eigenvalue weighted by Gasteiger charge is -2.45. The van der Waals surface area contributed by atoms with Gasteiger partial charge in [0.05, 0.1) is 12.3 Å². The minimum absolute atomic E-state index is 0.134. The fourth-order valence-corrected chi connectivity index (χ4v) is 5.84. The number of carbonyl (C=O) groups excluding carboxylic acids is 1. The number of aromatic nitrogens is 4. The monoisotopic (exact) mass is 524 g/mol. The van der Waals surface area contributed by atoms with Crippen LogP contribution in [0.4, 0.5) is 5.82 Å². The van der Waals surface area contributed by atoms with Crippen LogP contribution in [0, 0.1) is 13.8 Å². The van der Waals surface area contributed by atoms with Crippen molar-refractivity contribution in [3.05, 3.63) is 64.1 Å². The molecule has 1 aliphatic carbocycles. The van der Waals surface area contributed by atoms with Crippen LogP contribution in [-0.2, 0) is 30.0 Å². The highest BCUT2D eigenvalue weighted by Gasteiger charge is 2.38. The van der Waals surface area contributed by atoms with Gasteiger partial charge in [0.1, 0.15) is 6.10 Å². The Morgan fingerprint density at radius 1 is 1.03 bits per heavy atom. The summed E-state index contributed by atoms with van der Waals surface area (Å²) in [6.07, 6.45) is 4.73. The van der Waals surface area contributed by atoms with E-state index in [9.17, 15) is 4.79 Å². The average Bonchev–Trinajstić information content (AvgIpc) is 3.39. The maximum atomic E-state index is 13.2. The third kappa shape index (κ3) is 5.92. The lowest BCUT2D eigenvalue weighted by Crippen LogP contribution is -2.57. The summed E-state index contributed by atoms with van der Waals surface area (Å²) in [6.45, 7) is 5.16. The number of carbonyl (C=O) groups is 1. The molecule has 2 aromatic heterocycles. The number of amides is 1. The smallest absolute Gasteiger partial charge is 0.256 e. The van der Waals surface area contributed by atoms with Crippen LogP contribution in [0.1, 0.15) is 54.2 Å². The van der Waals surface area contributed by atoms with Gasteiger partial charge in [-0.3, -0.25) is 19.1 Å². The molecule has 1 amide bonds. The lowest BCUT2D eigenvalue weighted by atomic mass is 9.82. The fraction of sp³-hybridized carbons (Fsp3) is 0.536. The van der Waals surface area contributed by atoms with Gasteiger partial charge in [-0.25, -0.2) is 0 Å². The number of morpholine rings is 1. The van der Waals surface area contributed by atoms with Crippen molar-refractivity contribution in [2.75, 3.05) is 18.5 Å². The Kier molecular flexibility index (Phi) is 7.70. The van der Waals surface area contributed by atoms with Crippen LogP contribution in [-0.4, -0.2) is 61.7 Å². The summed E-state index contributed by atoms with van der Waals surface area (Å²) in [6, 6.07) is 12.8. The van der Waals surface area contributed by atoms with E-state index in [4.69, 9.17) is 21.4 Å². The molecule has 1 aromatic carbocycles. The molecule has 0 spiro atoms. The predicted octanol–water partition coefficient (Wildman–Crippen LogP) is 4.40. The second-order valence-corrected chi connectivity index (χ2v) is 11.1. The molecular formula is C28H37ClN6O2. The van der Waals surface area contributed by atoms with Crippen molar-refractivity contribution in [2.24, 2.45) is 14.1 Å². The zero-order valence-corrected chi connectivity index (χ0v) is 22.9. The number of anilines is 1. The standard InChI is InChI=1S/C28H37ClN6O2/c1-18-13-25(31-33(18)3)21-7-11-23(12-8-21)35-16-26(28(36)30-27-14-19(2)34(4)32-27)37-17-24(35)15-20-5-9-22(29)10-6-20/h5-6,9-10,13-14,21,23-24,26H,7-8,11-12,15-17H2,1-4H3,(H,30,32,36)/t21?,23?,24-,26+/m0/s1. The summed E-state index contributed by atoms with van der Waals surface area (Å²) in [7, 11) is 3.88. The van der Waals surface area contributed by atoms with Gasteiger partial charge in [0, 0.05) is 61.1 Å². The first kappa shape index (κ1) is 25.9. The van der Waals surface area contributed by atoms with Gasteiger partial charge in [0.2, 0.25) is 0 Å². The molecular weight excluding hydrogens is 488 g/mol. The summed E-state index contributed by atoms with van der Waals surface area (Å²) in [4.78, 5) is 15.7. The molecule has 198 valence electrons. The van der Waals surface area contributed by atoms with Crippen LogP contribution in [0.5, 0.6) is 0 Å². The van der Waals surface area contributed by atoms with E-state index in [-0.39, 0.29) is 11.9 Å². The van der Waals surface area contributed by atoms with Crippen LogP contribution in [0.2, 0.25) is 5.02 Å². The third-order valence-electron chi connectivity index (χ3n) is 8.09. The molecule has 3 aromatic rings. The maximum absolute atomic E-state index is 13.2. The second-order valence-electron chi connectivity index (χ2n) is 10.6. The zero-order chi connectivity index (χ0) is 26.1. The number of hydrogen-bond acceptors (Lipinski definition) is 5. The maximum Gasteiger partial charge on any atom is 0.256 e. The van der Waals surface area contributed by atoms with Crippen molar-refractivity contribution in [1.82, 2.24) is 24.5 Å². The average molecular weight is 525 g/mol. The number of hydrogen-bond donors (Lipinski definition) is 1. The van der Waals surface area contributed by atoms with E-state index < -0.39 is 6.10 Å². The van der Waals surface area contributed by atoms with E-state index in [1.54, 1.807) is 4.68 Å². The molecule has 3 heterocycles. The van der Waals surface area contributed by atoms with Gasteiger partial charge in [0.15, 0.2) is 5.82 Å². The molecule has 2 atom stereocenters. The van der Waals surface area contributed by atoms with Crippen molar-refractivity contribution in [3.8, 4) is 0 Å². The number of nitrogens with one attached hydrogen (secondary N) is 1. The first-order valence-corrected chi connectivity index (χ1v) is 13.6. The van der Waals surface area contributed by atoms with Gasteiger partial charge in [-0.1, -0.05) is 23.7 Å². The predicted molar refractivity (Wildman–Crippen MR) is 145 cm³/mol. The van der Waals surface area contributed by atoms with Gasteiger partial charge < -0.3 is 10.1 Å². The van der Waals surface area contributed by atoms with Gasteiger partial charge in [-0.15, -0.1) is 0 Å². The number of aryl methyl sites for hydroxylation is 4. The third-order valence-corrected chi connectivity index (χ3v) is 8.35. The molecule has 1 saturated carbocycles. The van der Waals surface area contributed by atoms with Crippen molar-refractivity contribution >= 4 is 23.3 Å². The van der Waals surface area contributed by atoms with Crippen LogP contribution >= 0.6 is 11.6 Å². The summed E-state index contributed by atoms with van der Waals surface area (Å²) < 4.78 is 9.89. The van der Waals surface area contributed by atoms with Gasteiger partial charge >= 0.3 is 0 Å². The Morgan fingerprint density at radius 3 is 2.32 bits per heavy atom. The molecule has 0 unspecified atom stereocenters.